The average molecular weight is 198 g/mol. The summed E-state index contributed by atoms with van der Waals surface area (Å²) in [6, 6.07) is 5.89. The van der Waals surface area contributed by atoms with Gasteiger partial charge < -0.3 is 0 Å². The van der Waals surface area contributed by atoms with E-state index in [1.807, 2.05) is 12.1 Å². The van der Waals surface area contributed by atoms with Crippen LogP contribution >= 0.6 is 12.1 Å². The van der Waals surface area contributed by atoms with E-state index < -0.39 is 0 Å². The summed E-state index contributed by atoms with van der Waals surface area (Å²) in [6.45, 7) is 4.23. The summed E-state index contributed by atoms with van der Waals surface area (Å²) in [4.78, 5) is 0.786. The fourth-order valence-electron chi connectivity index (χ4n) is 1.59. The molecule has 0 bridgehead atoms. The molecule has 0 amide bonds. The molecule has 1 aromatic rings. The first-order valence-corrected chi connectivity index (χ1v) is 5.44. The minimum absolute atomic E-state index is 0.360. The lowest BCUT2D eigenvalue weighted by molar-refractivity contribution is 0.878. The monoisotopic (exact) mass is 198 g/mol. The van der Waals surface area contributed by atoms with Gasteiger partial charge in [0.15, 0.2) is 0 Å². The molecule has 1 rings (SSSR count). The smallest absolute Gasteiger partial charge is 0.0815 e. The Morgan fingerprint density at radius 1 is 1.31 bits per heavy atom. The van der Waals surface area contributed by atoms with Crippen molar-refractivity contribution < 1.29 is 3.89 Å². The highest BCUT2D eigenvalue weighted by Gasteiger charge is 2.05. The van der Waals surface area contributed by atoms with Crippen molar-refractivity contribution in [2.24, 2.45) is 0 Å². The molecule has 2 heteroatoms. The normalized spacial score (nSPS) is 10.4. The van der Waals surface area contributed by atoms with Crippen molar-refractivity contribution in [1.29, 1.82) is 0 Å². The lowest BCUT2D eigenvalue weighted by atomic mass is 10.0. The fraction of sp³-hybridized carbons (Fsp3) is 0.455. The van der Waals surface area contributed by atoms with E-state index in [4.69, 9.17) is 0 Å². The van der Waals surface area contributed by atoms with Gasteiger partial charge in [0.25, 0.3) is 0 Å². The third-order valence-corrected chi connectivity index (χ3v) is 2.73. The molecule has 0 saturated carbocycles. The molecule has 0 nitrogen and oxygen atoms in total. The fourth-order valence-corrected chi connectivity index (χ4v) is 2.09. The number of benzene rings is 1. The van der Waals surface area contributed by atoms with Crippen LogP contribution in [0, 0.1) is 0 Å². The van der Waals surface area contributed by atoms with Crippen LogP contribution < -0.4 is 0 Å². The van der Waals surface area contributed by atoms with E-state index in [1.165, 1.54) is 11.1 Å². The molecule has 0 atom stereocenters. The Bertz CT molecular complexity index is 271. The third kappa shape index (κ3) is 2.47. The second kappa shape index (κ2) is 5.28. The van der Waals surface area contributed by atoms with Gasteiger partial charge >= 0.3 is 0 Å². The standard InChI is InChI=1S/C11H15FS/c1-3-6-9-7-5-8-11(13-12)10(9)4-2/h5,7-8H,3-4,6H2,1-2H3. The zero-order chi connectivity index (χ0) is 9.68. The predicted molar refractivity (Wildman–Crippen MR) is 56.8 cm³/mol. The molecule has 0 aliphatic heterocycles. The average Bonchev–Trinajstić information content (AvgIpc) is 2.18. The van der Waals surface area contributed by atoms with Gasteiger partial charge in [-0.2, -0.15) is 3.89 Å². The molecule has 0 aliphatic carbocycles. The molecular formula is C11H15FS. The molecule has 0 N–H and O–H groups in total. The summed E-state index contributed by atoms with van der Waals surface area (Å²) < 4.78 is 12.5. The zero-order valence-corrected chi connectivity index (χ0v) is 8.96. The van der Waals surface area contributed by atoms with E-state index in [0.29, 0.717) is 12.1 Å². The maximum atomic E-state index is 12.5. The molecule has 1 aromatic carbocycles. The van der Waals surface area contributed by atoms with Crippen molar-refractivity contribution in [3.63, 3.8) is 0 Å². The Kier molecular flexibility index (Phi) is 4.29. The first-order chi connectivity index (χ1) is 6.33. The van der Waals surface area contributed by atoms with E-state index in [0.717, 1.165) is 24.2 Å². The number of aryl methyl sites for hydroxylation is 1. The zero-order valence-electron chi connectivity index (χ0n) is 8.14. The van der Waals surface area contributed by atoms with Crippen LogP contribution in [-0.2, 0) is 12.8 Å². The van der Waals surface area contributed by atoms with Crippen LogP contribution in [0.5, 0.6) is 0 Å². The van der Waals surface area contributed by atoms with Gasteiger partial charge in [-0.1, -0.05) is 32.4 Å². The summed E-state index contributed by atoms with van der Waals surface area (Å²) in [6.07, 6.45) is 3.09. The summed E-state index contributed by atoms with van der Waals surface area (Å²) in [5.41, 5.74) is 2.48. The van der Waals surface area contributed by atoms with Gasteiger partial charge in [0.05, 0.1) is 12.1 Å². The van der Waals surface area contributed by atoms with Crippen molar-refractivity contribution in [2.45, 2.75) is 38.0 Å². The first kappa shape index (κ1) is 10.6. The van der Waals surface area contributed by atoms with Gasteiger partial charge in [0.2, 0.25) is 0 Å². The molecule has 0 saturated heterocycles. The van der Waals surface area contributed by atoms with Crippen molar-refractivity contribution in [3.8, 4) is 0 Å². The molecule has 0 radical (unpaired) electrons. The van der Waals surface area contributed by atoms with Gasteiger partial charge in [-0.15, -0.1) is 0 Å². The minimum Gasteiger partial charge on any atom is -0.160 e. The largest absolute Gasteiger partial charge is 0.160 e. The SMILES string of the molecule is CCCc1cccc(SF)c1CC. The van der Waals surface area contributed by atoms with Crippen LogP contribution in [0.15, 0.2) is 23.1 Å². The quantitative estimate of drug-likeness (QED) is 0.699. The van der Waals surface area contributed by atoms with Crippen LogP contribution in [0.4, 0.5) is 3.89 Å². The Labute approximate surface area is 83.8 Å². The number of halogens is 1. The highest BCUT2D eigenvalue weighted by molar-refractivity contribution is 7.94. The molecule has 0 aromatic heterocycles. The van der Waals surface area contributed by atoms with Crippen LogP contribution in [0.2, 0.25) is 0 Å². The van der Waals surface area contributed by atoms with Gasteiger partial charge in [0.1, 0.15) is 0 Å². The molecular weight excluding hydrogens is 183 g/mol. The van der Waals surface area contributed by atoms with Crippen molar-refractivity contribution in [2.75, 3.05) is 0 Å². The number of hydrogen-bond acceptors (Lipinski definition) is 1. The molecule has 72 valence electrons. The highest BCUT2D eigenvalue weighted by atomic mass is 32.2. The molecule has 13 heavy (non-hydrogen) atoms. The minimum atomic E-state index is 0.360. The molecule has 0 heterocycles. The first-order valence-electron chi connectivity index (χ1n) is 4.72. The Balaban J connectivity index is 3.03. The highest BCUT2D eigenvalue weighted by Crippen LogP contribution is 2.27. The maximum absolute atomic E-state index is 12.5. The van der Waals surface area contributed by atoms with E-state index in [-0.39, 0.29) is 0 Å². The number of hydrogen-bond donors (Lipinski definition) is 0. The van der Waals surface area contributed by atoms with E-state index in [2.05, 4.69) is 19.9 Å². The topological polar surface area (TPSA) is 0 Å². The van der Waals surface area contributed by atoms with Gasteiger partial charge in [-0.05, 0) is 30.0 Å². The summed E-state index contributed by atoms with van der Waals surface area (Å²) in [5.74, 6) is 0. The van der Waals surface area contributed by atoms with E-state index >= 15 is 0 Å². The Morgan fingerprint density at radius 2 is 2.08 bits per heavy atom. The summed E-state index contributed by atoms with van der Waals surface area (Å²) >= 11 is 0.360. The molecule has 0 spiro atoms. The van der Waals surface area contributed by atoms with E-state index in [1.54, 1.807) is 0 Å². The summed E-state index contributed by atoms with van der Waals surface area (Å²) in [5, 5.41) is 0. The number of rotatable bonds is 4. The van der Waals surface area contributed by atoms with Crippen molar-refractivity contribution in [3.05, 3.63) is 29.3 Å². The predicted octanol–water partition coefficient (Wildman–Crippen LogP) is 4.18. The second-order valence-corrected chi connectivity index (χ2v) is 3.67. The van der Waals surface area contributed by atoms with Crippen LogP contribution in [0.1, 0.15) is 31.4 Å². The van der Waals surface area contributed by atoms with E-state index in [9.17, 15) is 3.89 Å². The maximum Gasteiger partial charge on any atom is 0.0815 e. The summed E-state index contributed by atoms with van der Waals surface area (Å²) in [7, 11) is 0. The van der Waals surface area contributed by atoms with Crippen LogP contribution in [-0.4, -0.2) is 0 Å². The molecule has 0 aliphatic rings. The van der Waals surface area contributed by atoms with Gasteiger partial charge in [0, 0.05) is 4.90 Å². The Morgan fingerprint density at radius 3 is 2.62 bits per heavy atom. The second-order valence-electron chi connectivity index (χ2n) is 3.07. The van der Waals surface area contributed by atoms with Crippen LogP contribution in [0.3, 0.4) is 0 Å². The van der Waals surface area contributed by atoms with Gasteiger partial charge in [-0.3, -0.25) is 0 Å². The molecule has 0 fully saturated rings. The van der Waals surface area contributed by atoms with Crippen LogP contribution in [0.25, 0.3) is 0 Å². The van der Waals surface area contributed by atoms with Crippen molar-refractivity contribution in [1.82, 2.24) is 0 Å². The third-order valence-electron chi connectivity index (χ3n) is 2.19. The van der Waals surface area contributed by atoms with Crippen molar-refractivity contribution >= 4 is 12.1 Å². The van der Waals surface area contributed by atoms with Gasteiger partial charge in [-0.25, -0.2) is 0 Å². The lowest BCUT2D eigenvalue weighted by Gasteiger charge is -2.09. The lowest BCUT2D eigenvalue weighted by Crippen LogP contribution is -1.93. The molecule has 0 unspecified atom stereocenters. The Hall–Kier alpha value is -0.500.